The first kappa shape index (κ1) is 35.5. The van der Waals surface area contributed by atoms with Crippen LogP contribution in [0.4, 0.5) is 0 Å². The van der Waals surface area contributed by atoms with Crippen LogP contribution < -0.4 is 0 Å². The fraction of sp³-hybridized carbons (Fsp3) is 0.657. The van der Waals surface area contributed by atoms with Gasteiger partial charge in [-0.2, -0.15) is 0 Å². The lowest BCUT2D eigenvalue weighted by atomic mass is 9.87. The Hall–Kier alpha value is -1.65. The van der Waals surface area contributed by atoms with Crippen LogP contribution in [0.2, 0.25) is 0 Å². The molecule has 0 aliphatic carbocycles. The van der Waals surface area contributed by atoms with Crippen molar-refractivity contribution in [1.82, 2.24) is 0 Å². The Kier molecular flexibility index (Phi) is 19.8. The van der Waals surface area contributed by atoms with Gasteiger partial charge in [0.15, 0.2) is 0 Å². The number of phenolic OH excluding ortho intramolecular Hbond substituents is 2. The van der Waals surface area contributed by atoms with Gasteiger partial charge in [-0.25, -0.2) is 0 Å². The van der Waals surface area contributed by atoms with Gasteiger partial charge >= 0.3 is 8.60 Å². The lowest BCUT2D eigenvalue weighted by molar-refractivity contribution is 0.115. The molecule has 0 amide bonds. The normalized spacial score (nSPS) is 12.4. The third-order valence-electron chi connectivity index (χ3n) is 7.62. The molecule has 2 rings (SSSR count). The van der Waals surface area contributed by atoms with Gasteiger partial charge in [-0.3, -0.25) is 0 Å². The molecule has 0 radical (unpaired) electrons. The third-order valence-corrected chi connectivity index (χ3v) is 8.91. The van der Waals surface area contributed by atoms with Crippen LogP contribution in [0, 0.1) is 0 Å². The first-order chi connectivity index (χ1) is 20.0. The number of hydrogen-bond acceptors (Lipinski definition) is 5. The predicted octanol–water partition coefficient (Wildman–Crippen LogP) is 11.2. The summed E-state index contributed by atoms with van der Waals surface area (Å²) in [6.07, 6.45) is 19.9. The van der Waals surface area contributed by atoms with E-state index in [0.29, 0.717) is 13.2 Å². The second-order valence-electron chi connectivity index (χ2n) is 11.3. The minimum atomic E-state index is -1.49. The standard InChI is InChI=1S/C35H57O5P/c1-4-6-8-10-12-14-16-18-28-38-41(39-29-19-17-15-13-11-9-7-5-2)40-30(3)35(31-20-24-33(36)25-21-31)32-22-26-34(37)27-23-32/h20-27,30,35-37H,4-19,28-29H2,1-3H3. The van der Waals surface area contributed by atoms with Crippen LogP contribution >= 0.6 is 8.60 Å². The molecule has 0 bridgehead atoms. The average molecular weight is 589 g/mol. The quantitative estimate of drug-likeness (QED) is 0.0892. The molecule has 6 heteroatoms. The minimum absolute atomic E-state index is 0.0976. The SMILES string of the molecule is CCCCCCCCCCOP(OCCCCCCCCCC)OC(C)C(c1ccc(O)cc1)c1ccc(O)cc1. The minimum Gasteiger partial charge on any atom is -0.508 e. The number of aromatic hydroxyl groups is 2. The van der Waals surface area contributed by atoms with E-state index >= 15 is 0 Å². The number of benzene rings is 2. The van der Waals surface area contributed by atoms with Gasteiger partial charge in [0.2, 0.25) is 0 Å². The maximum Gasteiger partial charge on any atom is 0.332 e. The summed E-state index contributed by atoms with van der Waals surface area (Å²) in [4.78, 5) is 0. The number of phenols is 2. The molecule has 2 aromatic rings. The Morgan fingerprint density at radius 1 is 0.537 bits per heavy atom. The Bertz CT molecular complexity index is 806. The van der Waals surface area contributed by atoms with Crippen molar-refractivity contribution in [3.05, 3.63) is 59.7 Å². The zero-order valence-electron chi connectivity index (χ0n) is 26.1. The summed E-state index contributed by atoms with van der Waals surface area (Å²) in [6.45, 7) is 7.86. The van der Waals surface area contributed by atoms with Gasteiger partial charge in [0.25, 0.3) is 0 Å². The van der Waals surface area contributed by atoms with Crippen LogP contribution in [0.15, 0.2) is 48.5 Å². The zero-order chi connectivity index (χ0) is 29.5. The monoisotopic (exact) mass is 588 g/mol. The molecule has 0 aliphatic heterocycles. The van der Waals surface area contributed by atoms with E-state index in [1.54, 1.807) is 24.3 Å². The number of rotatable bonds is 25. The first-order valence-corrected chi connectivity index (χ1v) is 17.4. The summed E-state index contributed by atoms with van der Waals surface area (Å²) < 4.78 is 19.0. The molecule has 0 heterocycles. The molecule has 1 atom stereocenters. The molecule has 5 nitrogen and oxygen atoms in total. The van der Waals surface area contributed by atoms with Gasteiger partial charge in [0.05, 0.1) is 19.3 Å². The van der Waals surface area contributed by atoms with Crippen LogP contribution in [0.3, 0.4) is 0 Å². The highest BCUT2D eigenvalue weighted by Crippen LogP contribution is 2.45. The van der Waals surface area contributed by atoms with Crippen molar-refractivity contribution < 1.29 is 23.8 Å². The molecular formula is C35H57O5P. The van der Waals surface area contributed by atoms with E-state index in [9.17, 15) is 10.2 Å². The van der Waals surface area contributed by atoms with Crippen molar-refractivity contribution >= 4 is 8.60 Å². The van der Waals surface area contributed by atoms with Crippen LogP contribution in [-0.2, 0) is 13.6 Å². The number of unbranched alkanes of at least 4 members (excludes halogenated alkanes) is 14. The maximum atomic E-state index is 9.85. The van der Waals surface area contributed by atoms with E-state index in [0.717, 1.165) is 24.0 Å². The van der Waals surface area contributed by atoms with Crippen molar-refractivity contribution in [2.24, 2.45) is 0 Å². The van der Waals surface area contributed by atoms with Crippen molar-refractivity contribution in [3.8, 4) is 11.5 Å². The van der Waals surface area contributed by atoms with Crippen LogP contribution in [-0.4, -0.2) is 29.5 Å². The molecule has 41 heavy (non-hydrogen) atoms. The molecule has 0 fully saturated rings. The highest BCUT2D eigenvalue weighted by molar-refractivity contribution is 7.41. The molecule has 1 unspecified atom stereocenters. The Morgan fingerprint density at radius 3 is 1.24 bits per heavy atom. The van der Waals surface area contributed by atoms with Gasteiger partial charge in [-0.05, 0) is 55.2 Å². The molecule has 2 N–H and O–H groups in total. The summed E-state index contributed by atoms with van der Waals surface area (Å²) in [5.74, 6) is 0.368. The van der Waals surface area contributed by atoms with Crippen molar-refractivity contribution in [3.63, 3.8) is 0 Å². The van der Waals surface area contributed by atoms with Crippen molar-refractivity contribution in [2.75, 3.05) is 13.2 Å². The van der Waals surface area contributed by atoms with Gasteiger partial charge in [0.1, 0.15) is 11.5 Å². The van der Waals surface area contributed by atoms with Crippen LogP contribution in [0.1, 0.15) is 141 Å². The summed E-state index contributed by atoms with van der Waals surface area (Å²) in [7, 11) is -1.49. The highest BCUT2D eigenvalue weighted by atomic mass is 31.2. The first-order valence-electron chi connectivity index (χ1n) is 16.4. The fourth-order valence-corrected chi connectivity index (χ4v) is 6.29. The summed E-state index contributed by atoms with van der Waals surface area (Å²) in [5, 5.41) is 19.7. The van der Waals surface area contributed by atoms with Gasteiger partial charge in [0, 0.05) is 5.92 Å². The van der Waals surface area contributed by atoms with E-state index in [1.165, 1.54) is 89.9 Å². The van der Waals surface area contributed by atoms with E-state index < -0.39 is 8.60 Å². The van der Waals surface area contributed by atoms with E-state index in [1.807, 2.05) is 24.3 Å². The molecule has 0 aliphatic rings. The Labute approximate surface area is 252 Å². The van der Waals surface area contributed by atoms with E-state index in [2.05, 4.69) is 20.8 Å². The third kappa shape index (κ3) is 16.0. The summed E-state index contributed by atoms with van der Waals surface area (Å²) in [6, 6.07) is 14.5. The topological polar surface area (TPSA) is 68.2 Å². The van der Waals surface area contributed by atoms with Gasteiger partial charge < -0.3 is 23.8 Å². The van der Waals surface area contributed by atoms with Gasteiger partial charge in [-0.15, -0.1) is 0 Å². The highest BCUT2D eigenvalue weighted by Gasteiger charge is 2.27. The largest absolute Gasteiger partial charge is 0.508 e. The fourth-order valence-electron chi connectivity index (χ4n) is 5.14. The van der Waals surface area contributed by atoms with Crippen molar-refractivity contribution in [1.29, 1.82) is 0 Å². The number of hydrogen-bond donors (Lipinski definition) is 2. The molecule has 0 saturated heterocycles. The maximum absolute atomic E-state index is 9.85. The Morgan fingerprint density at radius 2 is 0.878 bits per heavy atom. The molecule has 0 saturated carbocycles. The van der Waals surface area contributed by atoms with E-state index in [4.69, 9.17) is 13.6 Å². The summed E-state index contributed by atoms with van der Waals surface area (Å²) >= 11 is 0. The lowest BCUT2D eigenvalue weighted by Gasteiger charge is -2.28. The molecule has 232 valence electrons. The molecule has 2 aromatic carbocycles. The van der Waals surface area contributed by atoms with Crippen LogP contribution in [0.25, 0.3) is 0 Å². The van der Waals surface area contributed by atoms with E-state index in [-0.39, 0.29) is 23.5 Å². The zero-order valence-corrected chi connectivity index (χ0v) is 27.0. The second-order valence-corrected chi connectivity index (χ2v) is 12.5. The smallest absolute Gasteiger partial charge is 0.332 e. The second kappa shape index (κ2) is 22.9. The molecular weight excluding hydrogens is 531 g/mol. The van der Waals surface area contributed by atoms with Crippen molar-refractivity contribution in [2.45, 2.75) is 136 Å². The lowest BCUT2D eigenvalue weighted by Crippen LogP contribution is -2.19. The Balaban J connectivity index is 1.93. The molecule has 0 aromatic heterocycles. The summed E-state index contributed by atoms with van der Waals surface area (Å²) in [5.41, 5.74) is 2.06. The predicted molar refractivity (Wildman–Crippen MR) is 173 cm³/mol. The molecule has 0 spiro atoms. The average Bonchev–Trinajstić information content (AvgIpc) is 2.97. The van der Waals surface area contributed by atoms with Gasteiger partial charge in [-0.1, -0.05) is 128 Å². The van der Waals surface area contributed by atoms with Crippen LogP contribution in [0.5, 0.6) is 11.5 Å².